The fourth-order valence-corrected chi connectivity index (χ4v) is 3.76. The van der Waals surface area contributed by atoms with E-state index in [9.17, 15) is 4.79 Å². The van der Waals surface area contributed by atoms with Crippen LogP contribution in [0, 0.1) is 0 Å². The highest BCUT2D eigenvalue weighted by molar-refractivity contribution is 6.35. The summed E-state index contributed by atoms with van der Waals surface area (Å²) in [5.74, 6) is 0.873. The number of benzene rings is 4. The van der Waals surface area contributed by atoms with Crippen LogP contribution >= 0.6 is 11.6 Å². The van der Waals surface area contributed by atoms with Crippen LogP contribution in [-0.2, 0) is 4.79 Å². The Bertz CT molecular complexity index is 1430. The number of rotatable bonds is 5. The van der Waals surface area contributed by atoms with E-state index in [-0.39, 0.29) is 5.91 Å². The Morgan fingerprint density at radius 2 is 1.72 bits per heavy atom. The number of carbonyl (C=O) groups is 1. The first-order valence-electron chi connectivity index (χ1n) is 10.2. The van der Waals surface area contributed by atoms with E-state index >= 15 is 0 Å². The number of hydrogen-bond acceptors (Lipinski definition) is 4. The second kappa shape index (κ2) is 8.36. The van der Waals surface area contributed by atoms with Crippen LogP contribution in [0.4, 0.5) is 5.69 Å². The highest BCUT2D eigenvalue weighted by Crippen LogP contribution is 2.32. The molecular weight excluding hydrogens is 424 g/mol. The quantitative estimate of drug-likeness (QED) is 0.328. The molecular formula is C26H19ClN2O3. The van der Waals surface area contributed by atoms with Gasteiger partial charge in [-0.1, -0.05) is 54.1 Å². The molecule has 5 aromatic rings. The molecule has 0 bridgehead atoms. The van der Waals surface area contributed by atoms with Crippen molar-refractivity contribution in [1.29, 1.82) is 0 Å². The van der Waals surface area contributed by atoms with Gasteiger partial charge < -0.3 is 14.5 Å². The van der Waals surface area contributed by atoms with E-state index in [1.165, 1.54) is 0 Å². The Balaban J connectivity index is 1.34. The molecule has 0 aliphatic carbocycles. The number of oxazole rings is 1. The second-order valence-corrected chi connectivity index (χ2v) is 7.82. The van der Waals surface area contributed by atoms with E-state index in [0.29, 0.717) is 33.4 Å². The molecule has 5 rings (SSSR count). The number of anilines is 1. The predicted molar refractivity (Wildman–Crippen MR) is 127 cm³/mol. The van der Waals surface area contributed by atoms with Gasteiger partial charge in [-0.05, 0) is 49.4 Å². The number of aromatic nitrogens is 1. The zero-order valence-corrected chi connectivity index (χ0v) is 18.0. The highest BCUT2D eigenvalue weighted by atomic mass is 35.5. The van der Waals surface area contributed by atoms with Crippen LogP contribution in [0.5, 0.6) is 5.75 Å². The van der Waals surface area contributed by atoms with Crippen molar-refractivity contribution in [3.63, 3.8) is 0 Å². The molecule has 0 saturated heterocycles. The van der Waals surface area contributed by atoms with E-state index in [1.807, 2.05) is 54.6 Å². The molecule has 1 atom stereocenters. The molecule has 6 heteroatoms. The van der Waals surface area contributed by atoms with Crippen molar-refractivity contribution in [3.05, 3.63) is 90.0 Å². The molecule has 1 N–H and O–H groups in total. The van der Waals surface area contributed by atoms with Crippen LogP contribution in [0.2, 0.25) is 5.02 Å². The largest absolute Gasteiger partial charge is 0.480 e. The van der Waals surface area contributed by atoms with E-state index in [1.54, 1.807) is 37.3 Å². The monoisotopic (exact) mass is 442 g/mol. The van der Waals surface area contributed by atoms with E-state index < -0.39 is 6.10 Å². The summed E-state index contributed by atoms with van der Waals surface area (Å²) in [4.78, 5) is 17.3. The molecule has 0 fully saturated rings. The van der Waals surface area contributed by atoms with Crippen LogP contribution in [0.25, 0.3) is 33.3 Å². The van der Waals surface area contributed by atoms with Crippen molar-refractivity contribution in [2.24, 2.45) is 0 Å². The van der Waals surface area contributed by atoms with Crippen LogP contribution < -0.4 is 10.1 Å². The minimum absolute atomic E-state index is 0.268. The molecule has 0 aliphatic heterocycles. The molecule has 0 spiro atoms. The van der Waals surface area contributed by atoms with Gasteiger partial charge in [0.1, 0.15) is 11.3 Å². The van der Waals surface area contributed by atoms with Gasteiger partial charge in [-0.15, -0.1) is 0 Å². The number of hydrogen-bond donors (Lipinski definition) is 1. The average molecular weight is 443 g/mol. The molecule has 1 aromatic heterocycles. The first-order chi connectivity index (χ1) is 15.6. The third kappa shape index (κ3) is 3.90. The number of halogens is 1. The van der Waals surface area contributed by atoms with Gasteiger partial charge in [-0.2, -0.15) is 0 Å². The summed E-state index contributed by atoms with van der Waals surface area (Å²) < 4.78 is 11.8. The van der Waals surface area contributed by atoms with Gasteiger partial charge in [0.2, 0.25) is 5.89 Å². The molecule has 1 heterocycles. The zero-order chi connectivity index (χ0) is 22.1. The molecule has 0 saturated carbocycles. The van der Waals surface area contributed by atoms with Crippen molar-refractivity contribution < 1.29 is 13.9 Å². The summed E-state index contributed by atoms with van der Waals surface area (Å²) in [6.45, 7) is 1.71. The Kier molecular flexibility index (Phi) is 5.25. The lowest BCUT2D eigenvalue weighted by Gasteiger charge is -2.16. The van der Waals surface area contributed by atoms with Gasteiger partial charge >= 0.3 is 0 Å². The number of fused-ring (bicyclic) bond motifs is 2. The fraction of sp³-hybridized carbons (Fsp3) is 0.0769. The Morgan fingerprint density at radius 1 is 0.969 bits per heavy atom. The number of nitrogens with one attached hydrogen (secondary N) is 1. The fourth-order valence-electron chi connectivity index (χ4n) is 3.53. The highest BCUT2D eigenvalue weighted by Gasteiger charge is 2.17. The zero-order valence-electron chi connectivity index (χ0n) is 17.2. The van der Waals surface area contributed by atoms with E-state index in [2.05, 4.69) is 10.3 Å². The molecule has 158 valence electrons. The van der Waals surface area contributed by atoms with Gasteiger partial charge in [-0.25, -0.2) is 4.98 Å². The van der Waals surface area contributed by atoms with Crippen molar-refractivity contribution in [2.75, 3.05) is 5.32 Å². The molecule has 1 unspecified atom stereocenters. The first kappa shape index (κ1) is 20.1. The van der Waals surface area contributed by atoms with Crippen LogP contribution in [0.1, 0.15) is 6.92 Å². The average Bonchev–Trinajstić information content (AvgIpc) is 3.25. The first-order valence-corrected chi connectivity index (χ1v) is 10.6. The number of amides is 1. The van der Waals surface area contributed by atoms with E-state index in [4.69, 9.17) is 20.8 Å². The van der Waals surface area contributed by atoms with Crippen molar-refractivity contribution in [2.45, 2.75) is 13.0 Å². The molecule has 5 nitrogen and oxygen atoms in total. The van der Waals surface area contributed by atoms with Gasteiger partial charge in [-0.3, -0.25) is 4.79 Å². The third-order valence-electron chi connectivity index (χ3n) is 5.18. The third-order valence-corrected chi connectivity index (χ3v) is 5.51. The molecule has 32 heavy (non-hydrogen) atoms. The second-order valence-electron chi connectivity index (χ2n) is 7.41. The van der Waals surface area contributed by atoms with Gasteiger partial charge in [0.15, 0.2) is 11.7 Å². The van der Waals surface area contributed by atoms with Gasteiger partial charge in [0.25, 0.3) is 5.91 Å². The summed E-state index contributed by atoms with van der Waals surface area (Å²) in [5.41, 5.74) is 2.83. The number of ether oxygens (including phenoxy) is 1. The summed E-state index contributed by atoms with van der Waals surface area (Å²) in [6.07, 6.45) is -0.715. The molecule has 1 amide bonds. The van der Waals surface area contributed by atoms with Crippen LogP contribution in [0.3, 0.4) is 0 Å². The maximum Gasteiger partial charge on any atom is 0.265 e. The number of nitrogens with zero attached hydrogens (tertiary/aromatic N) is 1. The molecule has 4 aromatic carbocycles. The van der Waals surface area contributed by atoms with Crippen molar-refractivity contribution in [1.82, 2.24) is 4.98 Å². The lowest BCUT2D eigenvalue weighted by Crippen LogP contribution is -2.30. The van der Waals surface area contributed by atoms with Crippen LogP contribution in [-0.4, -0.2) is 17.0 Å². The molecule has 0 aliphatic rings. The normalized spacial score (nSPS) is 12.1. The SMILES string of the molecule is CC(Oc1ccc(Cl)c2ccccc12)C(=O)Nc1ccc2oc(-c3ccccc3)nc2c1. The Labute approximate surface area is 189 Å². The lowest BCUT2D eigenvalue weighted by atomic mass is 10.1. The Morgan fingerprint density at radius 3 is 2.53 bits per heavy atom. The summed E-state index contributed by atoms with van der Waals surface area (Å²) >= 11 is 6.28. The summed E-state index contributed by atoms with van der Waals surface area (Å²) in [6, 6.07) is 26.3. The predicted octanol–water partition coefficient (Wildman–Crippen LogP) is 6.71. The van der Waals surface area contributed by atoms with Crippen molar-refractivity contribution in [3.8, 4) is 17.2 Å². The summed E-state index contributed by atoms with van der Waals surface area (Å²) in [5, 5.41) is 5.27. The number of carbonyl (C=O) groups excluding carboxylic acids is 1. The smallest absolute Gasteiger partial charge is 0.265 e. The maximum atomic E-state index is 12.8. The minimum Gasteiger partial charge on any atom is -0.480 e. The van der Waals surface area contributed by atoms with E-state index in [0.717, 1.165) is 16.3 Å². The maximum absolute atomic E-state index is 12.8. The lowest BCUT2D eigenvalue weighted by molar-refractivity contribution is -0.122. The van der Waals surface area contributed by atoms with Gasteiger partial charge in [0, 0.05) is 27.0 Å². The van der Waals surface area contributed by atoms with Gasteiger partial charge in [0.05, 0.1) is 0 Å². The van der Waals surface area contributed by atoms with Crippen molar-refractivity contribution >= 4 is 45.1 Å². The standard InChI is InChI=1S/C26H19ClN2O3/c1-16(31-23-14-12-21(27)19-9-5-6-10-20(19)23)25(30)28-18-11-13-24-22(15-18)29-26(32-24)17-7-3-2-4-8-17/h2-16H,1H3,(H,28,30). The topological polar surface area (TPSA) is 64.4 Å². The van der Waals surface area contributed by atoms with Crippen LogP contribution in [0.15, 0.2) is 89.3 Å². The summed E-state index contributed by atoms with van der Waals surface area (Å²) in [7, 11) is 0. The molecule has 0 radical (unpaired) electrons. The minimum atomic E-state index is -0.715. The Hall–Kier alpha value is -3.83.